The van der Waals surface area contributed by atoms with Crippen LogP contribution in [0.3, 0.4) is 0 Å². The molecule has 1 heterocycles. The highest BCUT2D eigenvalue weighted by molar-refractivity contribution is 6.04. The van der Waals surface area contributed by atoms with E-state index in [0.29, 0.717) is 6.42 Å². The lowest BCUT2D eigenvalue weighted by molar-refractivity contribution is -0.142. The molecule has 1 fully saturated rings. The Morgan fingerprint density at radius 1 is 1.45 bits per heavy atom. The number of rotatable bonds is 4. The van der Waals surface area contributed by atoms with Crippen molar-refractivity contribution in [1.82, 2.24) is 15.5 Å². The zero-order valence-electron chi connectivity index (χ0n) is 11.7. The Morgan fingerprint density at radius 3 is 2.55 bits per heavy atom. The van der Waals surface area contributed by atoms with Crippen LogP contribution in [-0.2, 0) is 14.4 Å². The summed E-state index contributed by atoms with van der Waals surface area (Å²) in [6.45, 7) is 4.54. The highest BCUT2D eigenvalue weighted by Crippen LogP contribution is 2.11. The molecule has 3 N–H and O–H groups in total. The van der Waals surface area contributed by atoms with E-state index in [1.165, 1.54) is 6.92 Å². The van der Waals surface area contributed by atoms with Gasteiger partial charge in [-0.3, -0.25) is 19.7 Å². The lowest BCUT2D eigenvalue weighted by atomic mass is 10.0. The number of carbonyl (C=O) groups excluding carboxylic acids is 3. The number of hydrogen-bond donors (Lipinski definition) is 3. The van der Waals surface area contributed by atoms with Gasteiger partial charge in [-0.05, 0) is 20.3 Å². The number of carboxylic acid groups (broad SMARTS) is 1. The number of hydrogen-bond acceptors (Lipinski definition) is 4. The van der Waals surface area contributed by atoms with Gasteiger partial charge >= 0.3 is 12.0 Å². The zero-order valence-corrected chi connectivity index (χ0v) is 11.7. The Balaban J connectivity index is 2.76. The minimum absolute atomic E-state index is 0.218. The Labute approximate surface area is 116 Å². The lowest BCUT2D eigenvalue weighted by Gasteiger charge is -2.34. The number of aliphatic carboxylic acids is 1. The van der Waals surface area contributed by atoms with Crippen LogP contribution in [0.2, 0.25) is 0 Å². The molecule has 20 heavy (non-hydrogen) atoms. The third-order valence-corrected chi connectivity index (χ3v) is 3.39. The molecule has 8 heteroatoms. The minimum atomic E-state index is -1.03. The predicted octanol–water partition coefficient (Wildman–Crippen LogP) is -0.458. The molecule has 112 valence electrons. The molecule has 0 bridgehead atoms. The first-order valence-electron chi connectivity index (χ1n) is 6.41. The van der Waals surface area contributed by atoms with E-state index in [1.54, 1.807) is 13.8 Å². The van der Waals surface area contributed by atoms with Crippen LogP contribution in [0.5, 0.6) is 0 Å². The summed E-state index contributed by atoms with van der Waals surface area (Å²) >= 11 is 0. The zero-order chi connectivity index (χ0) is 15.4. The summed E-state index contributed by atoms with van der Waals surface area (Å²) in [6.07, 6.45) is 0.370. The minimum Gasteiger partial charge on any atom is -0.481 e. The third-order valence-electron chi connectivity index (χ3n) is 3.39. The molecule has 0 aromatic heterocycles. The van der Waals surface area contributed by atoms with Crippen molar-refractivity contribution >= 4 is 23.8 Å². The number of carbonyl (C=O) groups is 4. The molecule has 0 saturated carbocycles. The van der Waals surface area contributed by atoms with Crippen LogP contribution in [0.25, 0.3) is 0 Å². The molecule has 0 aromatic carbocycles. The van der Waals surface area contributed by atoms with Gasteiger partial charge in [0.25, 0.3) is 0 Å². The topological polar surface area (TPSA) is 116 Å². The Bertz CT molecular complexity index is 437. The summed E-state index contributed by atoms with van der Waals surface area (Å²) < 4.78 is 0. The van der Waals surface area contributed by atoms with Gasteiger partial charge in [-0.25, -0.2) is 4.79 Å². The summed E-state index contributed by atoms with van der Waals surface area (Å²) in [7, 11) is 0. The fourth-order valence-electron chi connectivity index (χ4n) is 1.90. The summed E-state index contributed by atoms with van der Waals surface area (Å²) in [6, 6.07) is -1.95. The fraction of sp³-hybridized carbons (Fsp3) is 0.667. The average molecular weight is 285 g/mol. The molecule has 4 amide bonds. The van der Waals surface area contributed by atoms with Gasteiger partial charge in [-0.2, -0.15) is 0 Å². The van der Waals surface area contributed by atoms with Gasteiger partial charge in [0.1, 0.15) is 12.6 Å². The van der Waals surface area contributed by atoms with Crippen molar-refractivity contribution < 1.29 is 24.3 Å². The molecule has 8 nitrogen and oxygen atoms in total. The first kappa shape index (κ1) is 15.9. The largest absolute Gasteiger partial charge is 0.481 e. The van der Waals surface area contributed by atoms with E-state index in [0.717, 1.165) is 4.90 Å². The van der Waals surface area contributed by atoms with E-state index >= 15 is 0 Å². The molecule has 0 aromatic rings. The molecular formula is C12H19N3O5. The van der Waals surface area contributed by atoms with Crippen LogP contribution in [0.1, 0.15) is 27.2 Å². The van der Waals surface area contributed by atoms with Gasteiger partial charge in [-0.1, -0.05) is 6.92 Å². The molecule has 0 spiro atoms. The van der Waals surface area contributed by atoms with E-state index in [2.05, 4.69) is 10.6 Å². The number of urea groups is 1. The maximum absolute atomic E-state index is 12.1. The van der Waals surface area contributed by atoms with E-state index < -0.39 is 41.8 Å². The lowest BCUT2D eigenvalue weighted by Crippen LogP contribution is -2.62. The van der Waals surface area contributed by atoms with Crippen LogP contribution < -0.4 is 10.6 Å². The van der Waals surface area contributed by atoms with Crippen LogP contribution in [0.15, 0.2) is 0 Å². The van der Waals surface area contributed by atoms with Gasteiger partial charge in [0.15, 0.2) is 0 Å². The van der Waals surface area contributed by atoms with E-state index in [4.69, 9.17) is 5.11 Å². The predicted molar refractivity (Wildman–Crippen MR) is 68.7 cm³/mol. The van der Waals surface area contributed by atoms with Crippen molar-refractivity contribution in [2.24, 2.45) is 5.92 Å². The van der Waals surface area contributed by atoms with E-state index in [1.807, 2.05) is 0 Å². The second-order valence-corrected chi connectivity index (χ2v) is 4.83. The monoisotopic (exact) mass is 285 g/mol. The van der Waals surface area contributed by atoms with Crippen molar-refractivity contribution in [2.45, 2.75) is 39.3 Å². The maximum atomic E-state index is 12.1. The van der Waals surface area contributed by atoms with Crippen LogP contribution in [0.4, 0.5) is 4.79 Å². The number of piperazine rings is 1. The molecule has 1 aliphatic heterocycles. The highest BCUT2D eigenvalue weighted by atomic mass is 16.4. The van der Waals surface area contributed by atoms with Gasteiger partial charge in [-0.15, -0.1) is 0 Å². The van der Waals surface area contributed by atoms with Crippen molar-refractivity contribution in [2.75, 3.05) is 6.54 Å². The first-order chi connectivity index (χ1) is 9.27. The van der Waals surface area contributed by atoms with Gasteiger partial charge in [0.05, 0.1) is 5.92 Å². The van der Waals surface area contributed by atoms with Crippen LogP contribution in [0, 0.1) is 5.92 Å². The van der Waals surface area contributed by atoms with Crippen molar-refractivity contribution in [3.8, 4) is 0 Å². The molecule has 1 saturated heterocycles. The summed E-state index contributed by atoms with van der Waals surface area (Å²) in [5.74, 6) is -2.86. The smallest absolute Gasteiger partial charge is 0.318 e. The van der Waals surface area contributed by atoms with Crippen molar-refractivity contribution in [1.29, 1.82) is 0 Å². The second kappa shape index (κ2) is 6.36. The average Bonchev–Trinajstić information content (AvgIpc) is 2.36. The number of nitrogens with zero attached hydrogens (tertiary/aromatic N) is 1. The molecule has 1 aliphatic rings. The summed E-state index contributed by atoms with van der Waals surface area (Å²) in [5.41, 5.74) is 0. The number of imide groups is 1. The normalized spacial score (nSPS) is 21.9. The summed E-state index contributed by atoms with van der Waals surface area (Å²) in [4.78, 5) is 47.0. The quantitative estimate of drug-likeness (QED) is 0.605. The molecule has 0 aliphatic carbocycles. The Morgan fingerprint density at radius 2 is 2.05 bits per heavy atom. The Hall–Kier alpha value is -2.12. The van der Waals surface area contributed by atoms with E-state index in [-0.39, 0.29) is 6.54 Å². The third kappa shape index (κ3) is 3.46. The maximum Gasteiger partial charge on any atom is 0.318 e. The number of carboxylic acids is 1. The van der Waals surface area contributed by atoms with Crippen LogP contribution >= 0.6 is 0 Å². The van der Waals surface area contributed by atoms with Gasteiger partial charge < -0.3 is 15.3 Å². The second-order valence-electron chi connectivity index (χ2n) is 4.83. The Kier molecular flexibility index (Phi) is 5.06. The van der Waals surface area contributed by atoms with Gasteiger partial charge in [0, 0.05) is 6.04 Å². The SMILES string of the molecule is CCC1C(=O)NC(=O)CN1C(=O)NC(C)C(C)C(=O)O. The molecule has 1 rings (SSSR count). The highest BCUT2D eigenvalue weighted by Gasteiger charge is 2.36. The summed E-state index contributed by atoms with van der Waals surface area (Å²) in [5, 5.41) is 13.6. The fourth-order valence-corrected chi connectivity index (χ4v) is 1.90. The molecule has 0 radical (unpaired) electrons. The van der Waals surface area contributed by atoms with E-state index in [9.17, 15) is 19.2 Å². The molecule has 3 atom stereocenters. The van der Waals surface area contributed by atoms with Crippen LogP contribution in [-0.4, -0.2) is 52.4 Å². The number of amides is 4. The van der Waals surface area contributed by atoms with Gasteiger partial charge in [0.2, 0.25) is 11.8 Å². The molecular weight excluding hydrogens is 266 g/mol. The van der Waals surface area contributed by atoms with Crippen molar-refractivity contribution in [3.63, 3.8) is 0 Å². The van der Waals surface area contributed by atoms with Crippen molar-refractivity contribution in [3.05, 3.63) is 0 Å². The number of nitrogens with one attached hydrogen (secondary N) is 2. The standard InChI is InChI=1S/C12H19N3O5/c1-4-8-10(17)14-9(16)5-15(8)12(20)13-7(3)6(2)11(18)19/h6-8H,4-5H2,1-3H3,(H,13,20)(H,18,19)(H,14,16,17). The first-order valence-corrected chi connectivity index (χ1v) is 6.41. The molecule has 3 unspecified atom stereocenters.